The molecule has 1 heterocycles. The van der Waals surface area contributed by atoms with Crippen molar-refractivity contribution in [1.82, 2.24) is 4.90 Å². The summed E-state index contributed by atoms with van der Waals surface area (Å²) in [5.41, 5.74) is 1.97. The number of aliphatic carboxylic acids is 1. The monoisotopic (exact) mass is 505 g/mol. The molecule has 3 rings (SSSR count). The first-order valence-electron chi connectivity index (χ1n) is 14.0. The van der Waals surface area contributed by atoms with Gasteiger partial charge in [-0.2, -0.15) is 0 Å². The molecule has 0 spiro atoms. The van der Waals surface area contributed by atoms with Crippen LogP contribution in [0.4, 0.5) is 0 Å². The minimum Gasteiger partial charge on any atom is -0.480 e. The van der Waals surface area contributed by atoms with Gasteiger partial charge in [0.2, 0.25) is 5.78 Å². The Hall–Kier alpha value is -2.95. The molecular weight excluding hydrogens is 462 g/mol. The number of carbonyl (C=O) groups is 3. The Morgan fingerprint density at radius 2 is 1.38 bits per heavy atom. The van der Waals surface area contributed by atoms with Gasteiger partial charge in [0.05, 0.1) is 0 Å². The Morgan fingerprint density at radius 1 is 0.838 bits per heavy atom. The first kappa shape index (κ1) is 28.6. The maximum atomic E-state index is 13.0. The lowest BCUT2D eigenvalue weighted by molar-refractivity contribution is -0.158. The van der Waals surface area contributed by atoms with Crippen LogP contribution in [0.15, 0.2) is 60.7 Å². The lowest BCUT2D eigenvalue weighted by atomic mass is 9.81. The van der Waals surface area contributed by atoms with Crippen LogP contribution in [0.2, 0.25) is 0 Å². The van der Waals surface area contributed by atoms with Crippen molar-refractivity contribution >= 4 is 17.7 Å². The summed E-state index contributed by atoms with van der Waals surface area (Å²) in [6, 6.07) is 20.6. The van der Waals surface area contributed by atoms with Crippen molar-refractivity contribution in [3.8, 4) is 0 Å². The SMILES string of the molecule is CC(C)(CCCCCCCCC(c1ccccc1)c1ccccc1)C(=O)C(=O)N1CCCCC1C(=O)O. The van der Waals surface area contributed by atoms with E-state index in [1.807, 2.05) is 13.8 Å². The number of amides is 1. The zero-order chi connectivity index (χ0) is 26.7. The molecular formula is C32H43NO4. The zero-order valence-corrected chi connectivity index (χ0v) is 22.5. The summed E-state index contributed by atoms with van der Waals surface area (Å²) in [6.45, 7) is 3.99. The molecule has 2 aromatic rings. The highest BCUT2D eigenvalue weighted by Crippen LogP contribution is 2.31. The maximum Gasteiger partial charge on any atom is 0.326 e. The van der Waals surface area contributed by atoms with Gasteiger partial charge in [-0.1, -0.05) is 113 Å². The molecule has 1 atom stereocenters. The van der Waals surface area contributed by atoms with E-state index in [-0.39, 0.29) is 0 Å². The molecule has 1 N–H and O–H groups in total. The molecule has 2 aromatic carbocycles. The van der Waals surface area contributed by atoms with Crippen molar-refractivity contribution in [2.75, 3.05) is 6.54 Å². The standard InChI is InChI=1S/C32H43NO4/c1-32(2,29(34)30(35)33-24-16-14-22-28(33)31(36)37)23-15-6-4-3-5-13-21-27(25-17-9-7-10-18-25)26-19-11-8-12-20-26/h7-12,17-20,27-28H,3-6,13-16,21-24H2,1-2H3,(H,36,37). The van der Waals surface area contributed by atoms with E-state index in [0.717, 1.165) is 44.9 Å². The minimum atomic E-state index is -1.02. The van der Waals surface area contributed by atoms with E-state index >= 15 is 0 Å². The Balaban J connectivity index is 1.38. The second-order valence-electron chi connectivity index (χ2n) is 11.1. The van der Waals surface area contributed by atoms with Crippen LogP contribution in [0.1, 0.15) is 102 Å². The Bertz CT molecular complexity index is 962. The lowest BCUT2D eigenvalue weighted by Gasteiger charge is -2.34. The summed E-state index contributed by atoms with van der Waals surface area (Å²) in [5.74, 6) is -1.66. The number of hydrogen-bond acceptors (Lipinski definition) is 3. The van der Waals surface area contributed by atoms with Gasteiger partial charge in [-0.05, 0) is 43.2 Å². The highest BCUT2D eigenvalue weighted by atomic mass is 16.4. The first-order chi connectivity index (χ1) is 17.8. The van der Waals surface area contributed by atoms with Crippen molar-refractivity contribution in [2.24, 2.45) is 5.41 Å². The molecule has 0 aliphatic carbocycles. The van der Waals surface area contributed by atoms with E-state index in [1.54, 1.807) is 0 Å². The minimum absolute atomic E-state index is 0.354. The van der Waals surface area contributed by atoms with Crippen LogP contribution in [0.3, 0.4) is 0 Å². The average molecular weight is 506 g/mol. The molecule has 200 valence electrons. The van der Waals surface area contributed by atoms with E-state index in [9.17, 15) is 19.5 Å². The number of ketones is 1. The number of nitrogens with zero attached hydrogens (tertiary/aromatic N) is 1. The predicted octanol–water partition coefficient (Wildman–Crippen LogP) is 7.00. The van der Waals surface area contributed by atoms with E-state index in [0.29, 0.717) is 25.3 Å². The molecule has 1 amide bonds. The van der Waals surface area contributed by atoms with Gasteiger partial charge in [-0.25, -0.2) is 4.79 Å². The Morgan fingerprint density at radius 3 is 1.95 bits per heavy atom. The summed E-state index contributed by atoms with van der Waals surface area (Å²) < 4.78 is 0. The molecule has 1 aliphatic heterocycles. The predicted molar refractivity (Wildman–Crippen MR) is 147 cm³/mol. The summed E-state index contributed by atoms with van der Waals surface area (Å²) in [4.78, 5) is 38.6. The van der Waals surface area contributed by atoms with E-state index in [4.69, 9.17) is 0 Å². The summed E-state index contributed by atoms with van der Waals surface area (Å²) in [7, 11) is 0. The molecule has 1 aliphatic rings. The third kappa shape index (κ3) is 8.28. The fourth-order valence-electron chi connectivity index (χ4n) is 5.48. The van der Waals surface area contributed by atoms with Crippen LogP contribution in [0, 0.1) is 5.41 Å². The van der Waals surface area contributed by atoms with Crippen molar-refractivity contribution in [3.05, 3.63) is 71.8 Å². The number of rotatable bonds is 14. The van der Waals surface area contributed by atoms with Gasteiger partial charge in [-0.15, -0.1) is 0 Å². The van der Waals surface area contributed by atoms with E-state index < -0.39 is 29.1 Å². The lowest BCUT2D eigenvalue weighted by Crippen LogP contribution is -2.52. The number of likely N-dealkylation sites (tertiary alicyclic amines) is 1. The molecule has 1 fully saturated rings. The first-order valence-corrected chi connectivity index (χ1v) is 14.0. The summed E-state index contributed by atoms with van der Waals surface area (Å²) in [6.07, 6.45) is 10.3. The number of carboxylic acid groups (broad SMARTS) is 1. The second kappa shape index (κ2) is 14.1. The molecule has 0 aromatic heterocycles. The summed E-state index contributed by atoms with van der Waals surface area (Å²) in [5, 5.41) is 9.45. The van der Waals surface area contributed by atoms with Crippen LogP contribution >= 0.6 is 0 Å². The molecule has 1 saturated heterocycles. The van der Waals surface area contributed by atoms with Crippen molar-refractivity contribution in [1.29, 1.82) is 0 Å². The number of Topliss-reactive ketones (excluding diaryl/α,β-unsaturated/α-hetero) is 1. The average Bonchev–Trinajstić information content (AvgIpc) is 2.92. The van der Waals surface area contributed by atoms with Crippen molar-refractivity contribution < 1.29 is 19.5 Å². The number of carbonyl (C=O) groups excluding carboxylic acids is 2. The third-order valence-electron chi connectivity index (χ3n) is 7.81. The topological polar surface area (TPSA) is 74.7 Å². The largest absolute Gasteiger partial charge is 0.480 e. The van der Waals surface area contributed by atoms with E-state index in [2.05, 4.69) is 60.7 Å². The Kier molecular flexibility index (Phi) is 10.9. The van der Waals surface area contributed by atoms with Gasteiger partial charge in [-0.3, -0.25) is 9.59 Å². The highest BCUT2D eigenvalue weighted by molar-refractivity contribution is 6.38. The number of piperidine rings is 1. The smallest absolute Gasteiger partial charge is 0.326 e. The Labute approximate surface area is 222 Å². The zero-order valence-electron chi connectivity index (χ0n) is 22.5. The van der Waals surface area contributed by atoms with Gasteiger partial charge in [0.25, 0.3) is 5.91 Å². The molecule has 5 heteroatoms. The molecule has 0 bridgehead atoms. The molecule has 1 unspecified atom stereocenters. The summed E-state index contributed by atoms with van der Waals surface area (Å²) >= 11 is 0. The van der Waals surface area contributed by atoms with Gasteiger partial charge >= 0.3 is 5.97 Å². The van der Waals surface area contributed by atoms with Gasteiger partial charge < -0.3 is 10.0 Å². The van der Waals surface area contributed by atoms with E-state index in [1.165, 1.54) is 28.9 Å². The van der Waals surface area contributed by atoms with Crippen LogP contribution in [-0.2, 0) is 14.4 Å². The highest BCUT2D eigenvalue weighted by Gasteiger charge is 2.40. The fraction of sp³-hybridized carbons (Fsp3) is 0.531. The number of hydrogen-bond donors (Lipinski definition) is 1. The van der Waals surface area contributed by atoms with Crippen LogP contribution < -0.4 is 0 Å². The van der Waals surface area contributed by atoms with Gasteiger partial charge in [0.1, 0.15) is 6.04 Å². The third-order valence-corrected chi connectivity index (χ3v) is 7.81. The van der Waals surface area contributed by atoms with Crippen molar-refractivity contribution in [3.63, 3.8) is 0 Å². The van der Waals surface area contributed by atoms with Gasteiger partial charge in [0, 0.05) is 17.9 Å². The number of benzene rings is 2. The molecule has 0 radical (unpaired) electrons. The number of carboxylic acids is 1. The van der Waals surface area contributed by atoms with Gasteiger partial charge in [0.15, 0.2) is 0 Å². The van der Waals surface area contributed by atoms with Crippen LogP contribution in [-0.4, -0.2) is 40.3 Å². The normalized spacial score (nSPS) is 16.1. The van der Waals surface area contributed by atoms with Crippen LogP contribution in [0.5, 0.6) is 0 Å². The maximum absolute atomic E-state index is 13.0. The molecule has 37 heavy (non-hydrogen) atoms. The second-order valence-corrected chi connectivity index (χ2v) is 11.1. The number of unbranched alkanes of at least 4 members (excludes halogenated alkanes) is 5. The van der Waals surface area contributed by atoms with Crippen LogP contribution in [0.25, 0.3) is 0 Å². The molecule has 0 saturated carbocycles. The van der Waals surface area contributed by atoms with Crippen molar-refractivity contribution in [2.45, 2.75) is 96.4 Å². The quantitative estimate of drug-likeness (QED) is 0.222. The molecule has 5 nitrogen and oxygen atoms in total. The fourth-order valence-corrected chi connectivity index (χ4v) is 5.48.